The molecule has 0 saturated carbocycles. The second kappa shape index (κ2) is 9.65. The van der Waals surface area contributed by atoms with E-state index in [1.54, 1.807) is 0 Å². The van der Waals surface area contributed by atoms with Gasteiger partial charge in [-0.1, -0.05) is 72.8 Å². The summed E-state index contributed by atoms with van der Waals surface area (Å²) >= 11 is 3.94. The van der Waals surface area contributed by atoms with Crippen LogP contribution in [0.1, 0.15) is 12.8 Å². The molecule has 0 radical (unpaired) electrons. The van der Waals surface area contributed by atoms with Crippen LogP contribution in [0, 0.1) is 0 Å². The Morgan fingerprint density at radius 3 is 1.03 bits per heavy atom. The Morgan fingerprint density at radius 2 is 0.706 bits per heavy atom. The number of hydrogen-bond acceptors (Lipinski definition) is 4. The highest BCUT2D eigenvalue weighted by Crippen LogP contribution is 2.36. The van der Waals surface area contributed by atoms with Gasteiger partial charge in [-0.05, 0) is 48.6 Å². The maximum atomic E-state index is 4.86. The number of pyridine rings is 2. The summed E-state index contributed by atoms with van der Waals surface area (Å²) in [5.74, 6) is 2.22. The van der Waals surface area contributed by atoms with Gasteiger partial charge in [0.1, 0.15) is 0 Å². The zero-order valence-corrected chi connectivity index (χ0v) is 20.4. The highest BCUT2D eigenvalue weighted by Gasteiger charge is 2.11. The SMILES string of the molecule is c1ccc2c(SCCCCSc3c4ccccc4nc4ccccc34)c3ccccc3nc2c1. The predicted molar refractivity (Wildman–Crippen MR) is 149 cm³/mol. The first-order valence-corrected chi connectivity index (χ1v) is 13.7. The smallest absolute Gasteiger partial charge is 0.0721 e. The Balaban J connectivity index is 1.16. The molecule has 34 heavy (non-hydrogen) atoms. The van der Waals surface area contributed by atoms with Crippen LogP contribution >= 0.6 is 23.5 Å². The fourth-order valence-corrected chi connectivity index (χ4v) is 6.88. The average Bonchev–Trinajstić information content (AvgIpc) is 2.89. The minimum atomic E-state index is 1.08. The molecule has 6 rings (SSSR count). The Kier molecular flexibility index (Phi) is 6.09. The zero-order chi connectivity index (χ0) is 22.7. The summed E-state index contributed by atoms with van der Waals surface area (Å²) in [5, 5.41) is 5.04. The third-order valence-corrected chi connectivity index (χ3v) is 8.55. The zero-order valence-electron chi connectivity index (χ0n) is 18.8. The Labute approximate surface area is 207 Å². The molecule has 4 aromatic carbocycles. The third kappa shape index (κ3) is 4.13. The largest absolute Gasteiger partial charge is 0.248 e. The standard InChI is InChI=1S/C30H24N2S2/c1-5-15-25-21(11-1)29(22-12-2-6-16-26(22)31-25)33-19-9-10-20-34-30-23-13-3-7-17-27(23)32-28-18-8-4-14-24(28)30/h1-8,11-18H,9-10,19-20H2. The summed E-state index contributed by atoms with van der Waals surface area (Å²) in [6.45, 7) is 0. The minimum absolute atomic E-state index is 1.08. The average molecular weight is 477 g/mol. The number of fused-ring (bicyclic) bond motifs is 4. The molecule has 4 heteroatoms. The number of nitrogens with zero attached hydrogens (tertiary/aromatic N) is 2. The highest BCUT2D eigenvalue weighted by molar-refractivity contribution is 8.00. The molecule has 6 aromatic rings. The number of unbranched alkanes of at least 4 members (excludes halogenated alkanes) is 1. The van der Waals surface area contributed by atoms with E-state index in [-0.39, 0.29) is 0 Å². The van der Waals surface area contributed by atoms with Crippen LogP contribution in [-0.4, -0.2) is 21.5 Å². The highest BCUT2D eigenvalue weighted by atomic mass is 32.2. The van der Waals surface area contributed by atoms with Gasteiger partial charge in [0, 0.05) is 31.3 Å². The number of hydrogen-bond donors (Lipinski definition) is 0. The second-order valence-electron chi connectivity index (χ2n) is 8.35. The van der Waals surface area contributed by atoms with Gasteiger partial charge in [0.25, 0.3) is 0 Å². The Morgan fingerprint density at radius 1 is 0.412 bits per heavy atom. The van der Waals surface area contributed by atoms with Crippen LogP contribution in [0.15, 0.2) is 107 Å². The first kappa shape index (κ1) is 21.5. The van der Waals surface area contributed by atoms with Crippen molar-refractivity contribution >= 4 is 67.1 Å². The molecular formula is C30H24N2S2. The van der Waals surface area contributed by atoms with Crippen LogP contribution in [0.3, 0.4) is 0 Å². The van der Waals surface area contributed by atoms with Crippen LogP contribution in [0.25, 0.3) is 43.6 Å². The van der Waals surface area contributed by atoms with E-state index in [9.17, 15) is 0 Å². The lowest BCUT2D eigenvalue weighted by atomic mass is 10.1. The van der Waals surface area contributed by atoms with Crippen LogP contribution in [0.4, 0.5) is 0 Å². The third-order valence-electron chi connectivity index (χ3n) is 6.11. The van der Waals surface area contributed by atoms with Gasteiger partial charge >= 0.3 is 0 Å². The molecule has 0 N–H and O–H groups in total. The summed E-state index contributed by atoms with van der Waals surface area (Å²) in [7, 11) is 0. The molecule has 0 aliphatic heterocycles. The summed E-state index contributed by atoms with van der Waals surface area (Å²) in [4.78, 5) is 12.4. The fraction of sp³-hybridized carbons (Fsp3) is 0.133. The summed E-state index contributed by atoms with van der Waals surface area (Å²) in [5.41, 5.74) is 4.32. The maximum Gasteiger partial charge on any atom is 0.0721 e. The lowest BCUT2D eigenvalue weighted by Crippen LogP contribution is -1.90. The molecule has 2 heterocycles. The van der Waals surface area contributed by atoms with Crippen LogP contribution in [0.5, 0.6) is 0 Å². The number of para-hydroxylation sites is 4. The fourth-order valence-electron chi connectivity index (χ4n) is 4.47. The van der Waals surface area contributed by atoms with E-state index in [1.807, 2.05) is 23.5 Å². The first-order chi connectivity index (χ1) is 16.9. The second-order valence-corrected chi connectivity index (χ2v) is 10.6. The molecule has 0 bridgehead atoms. The first-order valence-electron chi connectivity index (χ1n) is 11.7. The van der Waals surface area contributed by atoms with E-state index in [2.05, 4.69) is 97.1 Å². The van der Waals surface area contributed by atoms with Gasteiger partial charge in [0.15, 0.2) is 0 Å². The van der Waals surface area contributed by atoms with E-state index in [0.717, 1.165) is 33.6 Å². The number of rotatable bonds is 7. The molecular weight excluding hydrogens is 452 g/mol. The van der Waals surface area contributed by atoms with E-state index >= 15 is 0 Å². The van der Waals surface area contributed by atoms with Gasteiger partial charge in [0.05, 0.1) is 22.1 Å². The van der Waals surface area contributed by atoms with Crippen molar-refractivity contribution in [1.82, 2.24) is 9.97 Å². The number of thioether (sulfide) groups is 2. The predicted octanol–water partition coefficient (Wildman–Crippen LogP) is 8.75. The monoisotopic (exact) mass is 476 g/mol. The molecule has 0 saturated heterocycles. The molecule has 166 valence electrons. The van der Waals surface area contributed by atoms with Crippen molar-refractivity contribution in [2.45, 2.75) is 22.6 Å². The lowest BCUT2D eigenvalue weighted by molar-refractivity contribution is 0.907. The van der Waals surface area contributed by atoms with Crippen LogP contribution < -0.4 is 0 Å². The molecule has 0 fully saturated rings. The molecule has 2 aromatic heterocycles. The molecule has 0 aliphatic carbocycles. The molecule has 0 atom stereocenters. The Bertz CT molecular complexity index is 1400. The topological polar surface area (TPSA) is 25.8 Å². The van der Waals surface area contributed by atoms with E-state index in [4.69, 9.17) is 9.97 Å². The lowest BCUT2D eigenvalue weighted by Gasteiger charge is -2.11. The van der Waals surface area contributed by atoms with Crippen molar-refractivity contribution in [2.24, 2.45) is 0 Å². The summed E-state index contributed by atoms with van der Waals surface area (Å²) in [6.07, 6.45) is 2.37. The molecule has 0 aliphatic rings. The van der Waals surface area contributed by atoms with Gasteiger partial charge in [-0.3, -0.25) is 0 Å². The molecule has 0 amide bonds. The van der Waals surface area contributed by atoms with Gasteiger partial charge < -0.3 is 0 Å². The van der Waals surface area contributed by atoms with Crippen molar-refractivity contribution in [2.75, 3.05) is 11.5 Å². The van der Waals surface area contributed by atoms with Crippen molar-refractivity contribution in [3.8, 4) is 0 Å². The van der Waals surface area contributed by atoms with Gasteiger partial charge in [-0.2, -0.15) is 0 Å². The van der Waals surface area contributed by atoms with E-state index in [0.29, 0.717) is 0 Å². The van der Waals surface area contributed by atoms with Crippen LogP contribution in [0.2, 0.25) is 0 Å². The van der Waals surface area contributed by atoms with E-state index < -0.39 is 0 Å². The van der Waals surface area contributed by atoms with E-state index in [1.165, 1.54) is 44.2 Å². The molecule has 0 unspecified atom stereocenters. The normalized spacial score (nSPS) is 11.6. The molecule has 0 spiro atoms. The van der Waals surface area contributed by atoms with Crippen molar-refractivity contribution in [3.05, 3.63) is 97.1 Å². The maximum absolute atomic E-state index is 4.86. The van der Waals surface area contributed by atoms with Gasteiger partial charge in [-0.15, -0.1) is 23.5 Å². The number of aromatic nitrogens is 2. The quantitative estimate of drug-likeness (QED) is 0.131. The Hall–Kier alpha value is -3.08. The van der Waals surface area contributed by atoms with Crippen molar-refractivity contribution < 1.29 is 0 Å². The summed E-state index contributed by atoms with van der Waals surface area (Å²) in [6, 6.07) is 34.0. The van der Waals surface area contributed by atoms with Crippen molar-refractivity contribution in [3.63, 3.8) is 0 Å². The molecule has 2 nitrogen and oxygen atoms in total. The van der Waals surface area contributed by atoms with Crippen LogP contribution in [-0.2, 0) is 0 Å². The van der Waals surface area contributed by atoms with Gasteiger partial charge in [-0.25, -0.2) is 9.97 Å². The minimum Gasteiger partial charge on any atom is -0.248 e. The van der Waals surface area contributed by atoms with Gasteiger partial charge in [0.2, 0.25) is 0 Å². The summed E-state index contributed by atoms with van der Waals surface area (Å²) < 4.78 is 0. The number of benzene rings is 4. The van der Waals surface area contributed by atoms with Crippen molar-refractivity contribution in [1.29, 1.82) is 0 Å².